The van der Waals surface area contributed by atoms with Crippen LogP contribution >= 0.6 is 7.14 Å². The van der Waals surface area contributed by atoms with Crippen molar-refractivity contribution in [1.82, 2.24) is 0 Å². The molecule has 2 aromatic rings. The fraction of sp³-hybridized carbons (Fsp3) is 0.316. The van der Waals surface area contributed by atoms with E-state index in [1.165, 1.54) is 0 Å². The topological polar surface area (TPSA) is 34.1 Å². The van der Waals surface area contributed by atoms with Crippen molar-refractivity contribution in [2.24, 2.45) is 5.92 Å². The highest BCUT2D eigenvalue weighted by Crippen LogP contribution is 2.71. The first-order valence-electron chi connectivity index (χ1n) is 7.69. The number of benzene rings is 2. The normalized spacial score (nSPS) is 31.4. The molecule has 1 aliphatic heterocycles. The first kappa shape index (κ1) is 15.2. The van der Waals surface area contributed by atoms with Crippen LogP contribution < -0.4 is 0 Å². The van der Waals surface area contributed by atoms with Crippen LogP contribution in [0.25, 0.3) is 0 Å². The largest absolute Gasteiger partial charge is 0.322 e. The monoisotopic (exact) mass is 312 g/mol. The van der Waals surface area contributed by atoms with E-state index in [1.54, 1.807) is 0 Å². The molecule has 0 amide bonds. The Kier molecular flexibility index (Phi) is 3.82. The van der Waals surface area contributed by atoms with Crippen molar-refractivity contribution in [3.8, 4) is 0 Å². The van der Waals surface area contributed by atoms with Gasteiger partial charge >= 0.3 is 0 Å². The first-order chi connectivity index (χ1) is 10.5. The van der Waals surface area contributed by atoms with Crippen molar-refractivity contribution in [1.29, 1.82) is 0 Å². The van der Waals surface area contributed by atoms with Gasteiger partial charge in [-0.05, 0) is 18.1 Å². The van der Waals surface area contributed by atoms with Crippen LogP contribution in [-0.4, -0.2) is 11.9 Å². The smallest absolute Gasteiger partial charge is 0.153 e. The minimum Gasteiger partial charge on any atom is -0.322 e. The number of rotatable bonds is 3. The van der Waals surface area contributed by atoms with Gasteiger partial charge in [-0.1, -0.05) is 67.6 Å². The Morgan fingerprint density at radius 2 is 1.59 bits per heavy atom. The molecular weight excluding hydrogens is 291 g/mol. The third-order valence-electron chi connectivity index (χ3n) is 4.93. The third-order valence-corrected chi connectivity index (χ3v) is 9.05. The molecule has 1 heterocycles. The van der Waals surface area contributed by atoms with E-state index in [4.69, 9.17) is 0 Å². The van der Waals surface area contributed by atoms with E-state index in [0.29, 0.717) is 12.3 Å². The Morgan fingerprint density at radius 3 is 2.18 bits per heavy atom. The molecule has 3 heteroatoms. The molecule has 3 atom stereocenters. The van der Waals surface area contributed by atoms with Gasteiger partial charge in [0.25, 0.3) is 0 Å². The van der Waals surface area contributed by atoms with E-state index < -0.39 is 12.3 Å². The van der Waals surface area contributed by atoms with E-state index in [0.717, 1.165) is 11.1 Å². The summed E-state index contributed by atoms with van der Waals surface area (Å²) in [5, 5.41) is -0.858. The molecular formula is C19H21O2P. The number of carbonyl (C=O) groups is 1. The molecule has 0 bridgehead atoms. The van der Waals surface area contributed by atoms with Crippen LogP contribution in [0, 0.1) is 5.92 Å². The van der Waals surface area contributed by atoms with E-state index in [-0.39, 0.29) is 11.7 Å². The molecule has 22 heavy (non-hydrogen) atoms. The van der Waals surface area contributed by atoms with Gasteiger partial charge in [-0.3, -0.25) is 4.79 Å². The number of hydrogen-bond donors (Lipinski definition) is 0. The van der Waals surface area contributed by atoms with Gasteiger partial charge in [0.15, 0.2) is 5.78 Å². The van der Waals surface area contributed by atoms with Crippen LogP contribution in [-0.2, 0) is 20.7 Å². The standard InChI is InChI=1S/C19H21O2P/c1-15-13-22(21,14-16-9-5-3-6-10-16)19(2,18(15)20)17-11-7-4-8-12-17/h3-12,15H,13-14H2,1-2H3/t15-,19+,22-/m1/s1. The average molecular weight is 312 g/mol. The van der Waals surface area contributed by atoms with Crippen LogP contribution in [0.5, 0.6) is 0 Å². The highest BCUT2D eigenvalue weighted by atomic mass is 31.2. The molecule has 0 spiro atoms. The molecule has 0 N–H and O–H groups in total. The molecule has 0 aromatic heterocycles. The Morgan fingerprint density at radius 1 is 1.05 bits per heavy atom. The van der Waals surface area contributed by atoms with E-state index >= 15 is 0 Å². The summed E-state index contributed by atoms with van der Waals surface area (Å²) in [6, 6.07) is 19.5. The molecule has 1 saturated heterocycles. The summed E-state index contributed by atoms with van der Waals surface area (Å²) in [5.74, 6) is -0.0160. The molecule has 0 saturated carbocycles. The Balaban J connectivity index is 2.09. The van der Waals surface area contributed by atoms with Gasteiger partial charge in [-0.2, -0.15) is 0 Å². The molecule has 1 aliphatic rings. The SMILES string of the molecule is C[C@@H]1C[P@@](=O)(Cc2ccccc2)[C@@](C)(c2ccccc2)C1=O. The van der Waals surface area contributed by atoms with E-state index in [2.05, 4.69) is 0 Å². The summed E-state index contributed by atoms with van der Waals surface area (Å²) in [5.41, 5.74) is 1.94. The predicted octanol–water partition coefficient (Wildman–Crippen LogP) is 4.68. The lowest BCUT2D eigenvalue weighted by atomic mass is 9.90. The zero-order chi connectivity index (χ0) is 15.8. The summed E-state index contributed by atoms with van der Waals surface area (Å²) in [6.45, 7) is 3.80. The fourth-order valence-corrected chi connectivity index (χ4v) is 7.53. The molecule has 2 nitrogen and oxygen atoms in total. The number of ketones is 1. The van der Waals surface area contributed by atoms with Gasteiger partial charge in [0.2, 0.25) is 0 Å². The third kappa shape index (κ3) is 2.27. The van der Waals surface area contributed by atoms with Crippen LogP contribution in [0.2, 0.25) is 0 Å². The van der Waals surface area contributed by atoms with Gasteiger partial charge in [-0.25, -0.2) is 0 Å². The average Bonchev–Trinajstić information content (AvgIpc) is 2.70. The zero-order valence-corrected chi connectivity index (χ0v) is 13.9. The van der Waals surface area contributed by atoms with E-state index in [9.17, 15) is 9.36 Å². The maximum atomic E-state index is 13.8. The maximum Gasteiger partial charge on any atom is 0.153 e. The summed E-state index contributed by atoms with van der Waals surface area (Å²) < 4.78 is 13.8. The Hall–Kier alpha value is -1.66. The Bertz CT molecular complexity index is 724. The molecule has 3 rings (SSSR count). The highest BCUT2D eigenvalue weighted by molar-refractivity contribution is 7.66. The number of hydrogen-bond acceptors (Lipinski definition) is 2. The van der Waals surface area contributed by atoms with Gasteiger partial charge in [-0.15, -0.1) is 0 Å². The minimum absolute atomic E-state index is 0.123. The van der Waals surface area contributed by atoms with Crippen molar-refractivity contribution in [2.45, 2.75) is 25.2 Å². The lowest BCUT2D eigenvalue weighted by Gasteiger charge is -2.31. The van der Waals surface area contributed by atoms with Gasteiger partial charge < -0.3 is 4.57 Å². The minimum atomic E-state index is -2.70. The molecule has 1 fully saturated rings. The summed E-state index contributed by atoms with van der Waals surface area (Å²) in [7, 11) is -2.70. The number of carbonyl (C=O) groups excluding carboxylic acids is 1. The number of Topliss-reactive ketones (excluding diaryl/α,β-unsaturated/α-hetero) is 1. The van der Waals surface area contributed by atoms with Crippen LogP contribution in [0.3, 0.4) is 0 Å². The van der Waals surface area contributed by atoms with Crippen molar-refractivity contribution < 1.29 is 9.36 Å². The second kappa shape index (κ2) is 5.52. The van der Waals surface area contributed by atoms with Crippen LogP contribution in [0.4, 0.5) is 0 Å². The summed E-state index contributed by atoms with van der Waals surface area (Å²) in [4.78, 5) is 12.9. The van der Waals surface area contributed by atoms with Crippen molar-refractivity contribution in [3.63, 3.8) is 0 Å². The van der Waals surface area contributed by atoms with Gasteiger partial charge in [0, 0.05) is 18.2 Å². The highest BCUT2D eigenvalue weighted by Gasteiger charge is 2.58. The zero-order valence-electron chi connectivity index (χ0n) is 13.0. The van der Waals surface area contributed by atoms with Gasteiger partial charge in [0.1, 0.15) is 12.3 Å². The van der Waals surface area contributed by atoms with E-state index in [1.807, 2.05) is 74.5 Å². The fourth-order valence-electron chi connectivity index (χ4n) is 3.63. The lowest BCUT2D eigenvalue weighted by Crippen LogP contribution is -2.29. The summed E-state index contributed by atoms with van der Waals surface area (Å²) >= 11 is 0. The maximum absolute atomic E-state index is 13.8. The molecule has 0 unspecified atom stereocenters. The first-order valence-corrected chi connectivity index (χ1v) is 9.77. The van der Waals surface area contributed by atoms with Crippen molar-refractivity contribution in [2.75, 3.05) is 6.16 Å². The molecule has 0 radical (unpaired) electrons. The van der Waals surface area contributed by atoms with Crippen LogP contribution in [0.15, 0.2) is 60.7 Å². The molecule has 0 aliphatic carbocycles. The quantitative estimate of drug-likeness (QED) is 0.771. The van der Waals surface area contributed by atoms with Crippen molar-refractivity contribution in [3.05, 3.63) is 71.8 Å². The van der Waals surface area contributed by atoms with Crippen LogP contribution in [0.1, 0.15) is 25.0 Å². The molecule has 2 aromatic carbocycles. The predicted molar refractivity (Wildman–Crippen MR) is 90.6 cm³/mol. The Labute approximate surface area is 131 Å². The molecule has 114 valence electrons. The lowest BCUT2D eigenvalue weighted by molar-refractivity contribution is -0.123. The second-order valence-electron chi connectivity index (χ2n) is 6.42. The summed E-state index contributed by atoms with van der Waals surface area (Å²) in [6.07, 6.45) is 1.00. The van der Waals surface area contributed by atoms with Gasteiger partial charge in [0.05, 0.1) is 0 Å². The van der Waals surface area contributed by atoms with Crippen molar-refractivity contribution >= 4 is 12.9 Å². The second-order valence-corrected chi connectivity index (χ2v) is 9.77.